The summed E-state index contributed by atoms with van der Waals surface area (Å²) in [5.41, 5.74) is 4.51. The molecule has 4 heteroatoms. The maximum absolute atomic E-state index is 12.6. The smallest absolute Gasteiger partial charge is 0.138 e. The average Bonchev–Trinajstić information content (AvgIpc) is 2.99. The molecule has 0 radical (unpaired) electrons. The van der Waals surface area contributed by atoms with Crippen LogP contribution in [0.1, 0.15) is 164 Å². The van der Waals surface area contributed by atoms with Gasteiger partial charge in [0.2, 0.25) is 0 Å². The van der Waals surface area contributed by atoms with Crippen LogP contribution in [-0.4, -0.2) is 24.7 Å². The quantitative estimate of drug-likeness (QED) is 0.110. The van der Waals surface area contributed by atoms with Crippen LogP contribution in [0.5, 0.6) is 0 Å². The summed E-state index contributed by atoms with van der Waals surface area (Å²) in [5, 5.41) is 8.78. The molecule has 1 aliphatic rings. The molecule has 0 aromatic heterocycles. The Balaban J connectivity index is 1.99. The zero-order valence-electron chi connectivity index (χ0n) is 30.8. The molecule has 0 fully saturated rings. The number of benzene rings is 1. The van der Waals surface area contributed by atoms with Gasteiger partial charge < -0.3 is 14.9 Å². The van der Waals surface area contributed by atoms with E-state index in [2.05, 4.69) is 92.7 Å². The largest absolute Gasteiger partial charge is 0.497 e. The highest BCUT2D eigenvalue weighted by atomic mass is 16.5. The molecule has 254 valence electrons. The number of Topliss-reactive ketones (excluding diaryl/α,β-unsaturated/α-hetero) is 1. The van der Waals surface area contributed by atoms with Crippen molar-refractivity contribution in [3.05, 3.63) is 53.0 Å². The fourth-order valence-corrected chi connectivity index (χ4v) is 7.07. The van der Waals surface area contributed by atoms with Gasteiger partial charge in [0.1, 0.15) is 17.3 Å². The van der Waals surface area contributed by atoms with Gasteiger partial charge in [0.15, 0.2) is 0 Å². The second-order valence-corrected chi connectivity index (χ2v) is 15.1. The minimum atomic E-state index is -0.220. The van der Waals surface area contributed by atoms with Crippen LogP contribution in [0.2, 0.25) is 0 Å². The molecule has 3 atom stereocenters. The summed E-state index contributed by atoms with van der Waals surface area (Å²) >= 11 is 0. The van der Waals surface area contributed by atoms with Crippen molar-refractivity contribution in [2.75, 3.05) is 13.2 Å². The number of ether oxygens (including phenoxy) is 2. The molecular formula is C41H67NO3. The van der Waals surface area contributed by atoms with E-state index in [0.717, 1.165) is 99.0 Å². The highest BCUT2D eigenvalue weighted by molar-refractivity contribution is 5.84. The van der Waals surface area contributed by atoms with Crippen LogP contribution in [0.4, 0.5) is 0 Å². The van der Waals surface area contributed by atoms with E-state index in [-0.39, 0.29) is 16.2 Å². The van der Waals surface area contributed by atoms with Gasteiger partial charge in [-0.25, -0.2) is 0 Å². The van der Waals surface area contributed by atoms with Crippen molar-refractivity contribution in [2.24, 2.45) is 16.7 Å². The van der Waals surface area contributed by atoms with Crippen LogP contribution in [0.15, 0.2) is 41.9 Å². The lowest BCUT2D eigenvalue weighted by atomic mass is 9.74. The van der Waals surface area contributed by atoms with E-state index >= 15 is 0 Å². The number of carbonyl (C=O) groups excluding carboxylic acids is 1. The minimum Gasteiger partial charge on any atom is -0.497 e. The lowest BCUT2D eigenvalue weighted by molar-refractivity contribution is -0.128. The number of nitrogens with one attached hydrogen (secondary N) is 1. The van der Waals surface area contributed by atoms with Crippen LogP contribution >= 0.6 is 0 Å². The normalized spacial score (nSPS) is 18.2. The maximum Gasteiger partial charge on any atom is 0.138 e. The zero-order chi connectivity index (χ0) is 33.7. The number of hydrogen-bond acceptors (Lipinski definition) is 4. The van der Waals surface area contributed by atoms with Crippen LogP contribution in [-0.2, 0) is 19.7 Å². The topological polar surface area (TPSA) is 59.4 Å². The SMILES string of the molecule is CCCC(C)(CCCC(=N)CC(C)(CC)CCCCC1C=C(OCC)C(c2ccc(C(C)(C)C)cc2)=C(OCC)C1)C(=O)CC. The fraction of sp³-hybridized carbons (Fsp3) is 0.707. The summed E-state index contributed by atoms with van der Waals surface area (Å²) in [6.07, 6.45) is 15.0. The third-order valence-corrected chi connectivity index (χ3v) is 10.1. The van der Waals surface area contributed by atoms with Gasteiger partial charge in [-0.2, -0.15) is 0 Å². The van der Waals surface area contributed by atoms with E-state index in [1.165, 1.54) is 12.0 Å². The first-order chi connectivity index (χ1) is 21.3. The maximum atomic E-state index is 12.6. The Labute approximate surface area is 277 Å². The number of carbonyl (C=O) groups is 1. The van der Waals surface area contributed by atoms with Crippen LogP contribution in [0.3, 0.4) is 0 Å². The summed E-state index contributed by atoms with van der Waals surface area (Å²) in [6.45, 7) is 23.1. The second-order valence-electron chi connectivity index (χ2n) is 15.1. The molecule has 0 saturated heterocycles. The van der Waals surface area contributed by atoms with Gasteiger partial charge in [0.25, 0.3) is 0 Å². The van der Waals surface area contributed by atoms with E-state index in [1.54, 1.807) is 0 Å². The first-order valence-corrected chi connectivity index (χ1v) is 18.2. The van der Waals surface area contributed by atoms with Gasteiger partial charge in [-0.3, -0.25) is 4.79 Å². The van der Waals surface area contributed by atoms with Gasteiger partial charge >= 0.3 is 0 Å². The molecule has 1 aromatic rings. The van der Waals surface area contributed by atoms with Crippen molar-refractivity contribution in [1.29, 1.82) is 5.41 Å². The standard InChI is InChI=1S/C41H67NO3/c1-11-25-41(10,37(43)12-2)27-18-20-34(42)30-40(9,13-3)26-17-16-19-31-28-35(44-14-4)38(36(29-31)45-15-5)32-21-23-33(24-22-32)39(6,7)8/h21-24,28,31,42H,11-20,25-27,29-30H2,1-10H3. The third-order valence-electron chi connectivity index (χ3n) is 10.1. The average molecular weight is 622 g/mol. The van der Waals surface area contributed by atoms with Crippen molar-refractivity contribution in [1.82, 2.24) is 0 Å². The molecule has 3 unspecified atom stereocenters. The van der Waals surface area contributed by atoms with Gasteiger partial charge in [0, 0.05) is 24.0 Å². The number of hydrogen-bond donors (Lipinski definition) is 1. The molecule has 1 aromatic carbocycles. The lowest BCUT2D eigenvalue weighted by Crippen LogP contribution is -2.27. The van der Waals surface area contributed by atoms with E-state index < -0.39 is 0 Å². The first kappa shape index (κ1) is 38.8. The Kier molecular flexibility index (Phi) is 15.6. The third kappa shape index (κ3) is 11.7. The lowest BCUT2D eigenvalue weighted by Gasteiger charge is -2.30. The Morgan fingerprint density at radius 2 is 1.53 bits per heavy atom. The minimum absolute atomic E-state index is 0.117. The van der Waals surface area contributed by atoms with Crippen LogP contribution < -0.4 is 0 Å². The van der Waals surface area contributed by atoms with Gasteiger partial charge in [-0.15, -0.1) is 0 Å². The van der Waals surface area contributed by atoms with Gasteiger partial charge in [0.05, 0.1) is 18.8 Å². The molecule has 0 spiro atoms. The van der Waals surface area contributed by atoms with Gasteiger partial charge in [-0.05, 0) is 92.7 Å². The number of ketones is 1. The van der Waals surface area contributed by atoms with Crippen LogP contribution in [0.25, 0.3) is 5.57 Å². The van der Waals surface area contributed by atoms with Crippen molar-refractivity contribution in [2.45, 2.75) is 158 Å². The number of rotatable bonds is 21. The van der Waals surface area contributed by atoms with E-state index in [0.29, 0.717) is 31.3 Å². The molecule has 0 bridgehead atoms. The molecule has 0 saturated carbocycles. The first-order valence-electron chi connectivity index (χ1n) is 18.2. The molecule has 0 aliphatic heterocycles. The fourth-order valence-electron chi connectivity index (χ4n) is 7.07. The van der Waals surface area contributed by atoms with E-state index in [9.17, 15) is 4.79 Å². The molecule has 2 rings (SSSR count). The zero-order valence-corrected chi connectivity index (χ0v) is 30.8. The van der Waals surface area contributed by atoms with Crippen molar-refractivity contribution in [3.63, 3.8) is 0 Å². The molecule has 45 heavy (non-hydrogen) atoms. The van der Waals surface area contributed by atoms with E-state index in [1.807, 2.05) is 6.92 Å². The predicted molar refractivity (Wildman–Crippen MR) is 193 cm³/mol. The van der Waals surface area contributed by atoms with Crippen molar-refractivity contribution < 1.29 is 14.3 Å². The number of allylic oxidation sites excluding steroid dienone is 3. The Bertz CT molecular complexity index is 1140. The summed E-state index contributed by atoms with van der Waals surface area (Å²) < 4.78 is 12.5. The highest BCUT2D eigenvalue weighted by Crippen LogP contribution is 2.40. The second kappa shape index (κ2) is 18.1. The summed E-state index contributed by atoms with van der Waals surface area (Å²) in [4.78, 5) is 12.6. The van der Waals surface area contributed by atoms with E-state index in [4.69, 9.17) is 14.9 Å². The summed E-state index contributed by atoms with van der Waals surface area (Å²) in [6, 6.07) is 8.92. The summed E-state index contributed by atoms with van der Waals surface area (Å²) in [7, 11) is 0. The predicted octanol–water partition coefficient (Wildman–Crippen LogP) is 12.0. The number of unbranched alkanes of at least 4 members (excludes halogenated alkanes) is 1. The Morgan fingerprint density at radius 1 is 0.867 bits per heavy atom. The molecule has 1 aliphatic carbocycles. The molecule has 4 nitrogen and oxygen atoms in total. The molecule has 0 amide bonds. The molecule has 0 heterocycles. The van der Waals surface area contributed by atoms with Crippen molar-refractivity contribution >= 4 is 17.1 Å². The summed E-state index contributed by atoms with van der Waals surface area (Å²) in [5.74, 6) is 2.80. The van der Waals surface area contributed by atoms with Crippen LogP contribution in [0, 0.1) is 22.2 Å². The monoisotopic (exact) mass is 622 g/mol. The molecular weight excluding hydrogens is 554 g/mol. The Hall–Kier alpha value is -2.36. The molecule has 1 N–H and O–H groups in total. The van der Waals surface area contributed by atoms with Crippen molar-refractivity contribution in [3.8, 4) is 0 Å². The highest BCUT2D eigenvalue weighted by Gasteiger charge is 2.31. The Morgan fingerprint density at radius 3 is 2.09 bits per heavy atom. The van der Waals surface area contributed by atoms with Gasteiger partial charge in [-0.1, -0.05) is 105 Å².